The predicted octanol–water partition coefficient (Wildman–Crippen LogP) is 2.76. The molecule has 0 aliphatic heterocycles. The molecule has 5 heteroatoms. The molecule has 0 heterocycles. The Morgan fingerprint density at radius 2 is 1.65 bits per heavy atom. The van der Waals surface area contributed by atoms with Crippen LogP contribution < -0.4 is 20.3 Å². The van der Waals surface area contributed by atoms with Gasteiger partial charge < -0.3 is 20.3 Å². The number of urea groups is 1. The number of carbonyl (C=O) groups excluding carboxylic acids is 1. The third-order valence-corrected chi connectivity index (χ3v) is 3.49. The largest absolute Gasteiger partial charge is 0.497 e. The standard InChI is InChI=1S/C18H23N3O2/c1-21(2)16-9-7-14(8-10-16)12-19-18(22)20-13-15-5-4-6-17(11-15)23-3/h4-11H,12-13H2,1-3H3,(H2,19,20,22). The normalized spacial score (nSPS) is 10.0. The van der Waals surface area contributed by atoms with Gasteiger partial charge in [-0.15, -0.1) is 0 Å². The van der Waals surface area contributed by atoms with Crippen LogP contribution in [-0.2, 0) is 13.1 Å². The second-order valence-electron chi connectivity index (χ2n) is 5.45. The molecule has 0 fully saturated rings. The van der Waals surface area contributed by atoms with Gasteiger partial charge in [-0.05, 0) is 35.4 Å². The quantitative estimate of drug-likeness (QED) is 0.862. The van der Waals surface area contributed by atoms with Crippen molar-refractivity contribution in [2.45, 2.75) is 13.1 Å². The molecule has 122 valence electrons. The van der Waals surface area contributed by atoms with Gasteiger partial charge in [-0.25, -0.2) is 4.79 Å². The lowest BCUT2D eigenvalue weighted by Crippen LogP contribution is -2.34. The van der Waals surface area contributed by atoms with Crippen molar-refractivity contribution >= 4 is 11.7 Å². The number of methoxy groups -OCH3 is 1. The predicted molar refractivity (Wildman–Crippen MR) is 92.8 cm³/mol. The summed E-state index contributed by atoms with van der Waals surface area (Å²) in [5, 5.41) is 5.69. The Balaban J connectivity index is 1.78. The zero-order chi connectivity index (χ0) is 16.7. The molecule has 2 N–H and O–H groups in total. The highest BCUT2D eigenvalue weighted by atomic mass is 16.5. The summed E-state index contributed by atoms with van der Waals surface area (Å²) in [6.07, 6.45) is 0. The van der Waals surface area contributed by atoms with E-state index in [0.717, 1.165) is 22.6 Å². The fourth-order valence-electron chi connectivity index (χ4n) is 2.12. The molecular formula is C18H23N3O2. The molecule has 0 unspecified atom stereocenters. The van der Waals surface area contributed by atoms with Crippen LogP contribution >= 0.6 is 0 Å². The van der Waals surface area contributed by atoms with E-state index in [2.05, 4.69) is 10.6 Å². The van der Waals surface area contributed by atoms with E-state index in [9.17, 15) is 4.79 Å². The summed E-state index contributed by atoms with van der Waals surface area (Å²) in [6.45, 7) is 0.959. The summed E-state index contributed by atoms with van der Waals surface area (Å²) in [7, 11) is 5.62. The minimum absolute atomic E-state index is 0.190. The fraction of sp³-hybridized carbons (Fsp3) is 0.278. The monoisotopic (exact) mass is 313 g/mol. The van der Waals surface area contributed by atoms with Crippen molar-refractivity contribution in [2.24, 2.45) is 0 Å². The SMILES string of the molecule is COc1cccc(CNC(=O)NCc2ccc(N(C)C)cc2)c1. The van der Waals surface area contributed by atoms with Gasteiger partial charge in [-0.2, -0.15) is 0 Å². The van der Waals surface area contributed by atoms with Gasteiger partial charge in [0.15, 0.2) is 0 Å². The zero-order valence-corrected chi connectivity index (χ0v) is 13.8. The van der Waals surface area contributed by atoms with Crippen LogP contribution in [0.2, 0.25) is 0 Å². The summed E-state index contributed by atoms with van der Waals surface area (Å²) >= 11 is 0. The number of amides is 2. The maximum Gasteiger partial charge on any atom is 0.315 e. The van der Waals surface area contributed by atoms with Gasteiger partial charge in [-0.1, -0.05) is 24.3 Å². The van der Waals surface area contributed by atoms with E-state index in [1.165, 1.54) is 0 Å². The number of nitrogens with one attached hydrogen (secondary N) is 2. The topological polar surface area (TPSA) is 53.6 Å². The van der Waals surface area contributed by atoms with Gasteiger partial charge >= 0.3 is 6.03 Å². The highest BCUT2D eigenvalue weighted by Gasteiger charge is 2.02. The molecule has 2 rings (SSSR count). The van der Waals surface area contributed by atoms with Gasteiger partial charge in [-0.3, -0.25) is 0 Å². The molecule has 0 aliphatic carbocycles. The summed E-state index contributed by atoms with van der Waals surface area (Å²) in [5.74, 6) is 0.783. The Bertz CT molecular complexity index is 639. The van der Waals surface area contributed by atoms with Crippen LogP contribution in [0.15, 0.2) is 48.5 Å². The maximum absolute atomic E-state index is 11.9. The van der Waals surface area contributed by atoms with E-state index < -0.39 is 0 Å². The highest BCUT2D eigenvalue weighted by Crippen LogP contribution is 2.13. The van der Waals surface area contributed by atoms with Crippen LogP contribution in [0.5, 0.6) is 5.75 Å². The summed E-state index contributed by atoms with van der Waals surface area (Å²) in [4.78, 5) is 13.9. The first kappa shape index (κ1) is 16.7. The number of rotatable bonds is 6. The Morgan fingerprint density at radius 3 is 2.26 bits per heavy atom. The van der Waals surface area contributed by atoms with Crippen molar-refractivity contribution < 1.29 is 9.53 Å². The molecule has 5 nitrogen and oxygen atoms in total. The first-order valence-electron chi connectivity index (χ1n) is 7.49. The number of carbonyl (C=O) groups is 1. The first-order chi connectivity index (χ1) is 11.1. The first-order valence-corrected chi connectivity index (χ1v) is 7.49. The van der Waals surface area contributed by atoms with E-state index in [4.69, 9.17) is 4.74 Å². The number of hydrogen-bond acceptors (Lipinski definition) is 3. The molecule has 0 spiro atoms. The zero-order valence-electron chi connectivity index (χ0n) is 13.8. The van der Waals surface area contributed by atoms with Crippen LogP contribution in [0.1, 0.15) is 11.1 Å². The minimum Gasteiger partial charge on any atom is -0.497 e. The minimum atomic E-state index is -0.190. The third kappa shape index (κ3) is 5.21. The summed E-state index contributed by atoms with van der Waals surface area (Å²) in [6, 6.07) is 15.5. The van der Waals surface area contributed by atoms with E-state index in [0.29, 0.717) is 13.1 Å². The van der Waals surface area contributed by atoms with Crippen LogP contribution in [-0.4, -0.2) is 27.2 Å². The number of hydrogen-bond donors (Lipinski definition) is 2. The molecule has 0 saturated heterocycles. The van der Waals surface area contributed by atoms with E-state index in [-0.39, 0.29) is 6.03 Å². The molecule has 2 aromatic carbocycles. The van der Waals surface area contributed by atoms with Crippen LogP contribution in [0.3, 0.4) is 0 Å². The van der Waals surface area contributed by atoms with Gasteiger partial charge in [0.25, 0.3) is 0 Å². The smallest absolute Gasteiger partial charge is 0.315 e. The molecule has 0 bridgehead atoms. The summed E-state index contributed by atoms with van der Waals surface area (Å²) in [5.41, 5.74) is 3.19. The molecule has 2 amide bonds. The van der Waals surface area contributed by atoms with Gasteiger partial charge in [0.1, 0.15) is 5.75 Å². The van der Waals surface area contributed by atoms with Crippen molar-refractivity contribution in [3.05, 3.63) is 59.7 Å². The number of benzene rings is 2. The van der Waals surface area contributed by atoms with Gasteiger partial charge in [0, 0.05) is 32.9 Å². The number of ether oxygens (including phenoxy) is 1. The fourth-order valence-corrected chi connectivity index (χ4v) is 2.12. The Kier molecular flexibility index (Phi) is 5.86. The maximum atomic E-state index is 11.9. The average Bonchev–Trinajstić information content (AvgIpc) is 2.58. The lowest BCUT2D eigenvalue weighted by atomic mass is 10.2. The van der Waals surface area contributed by atoms with Gasteiger partial charge in [0.05, 0.1) is 7.11 Å². The van der Waals surface area contributed by atoms with Crippen molar-refractivity contribution in [2.75, 3.05) is 26.1 Å². The average molecular weight is 313 g/mol. The molecule has 2 aromatic rings. The summed E-state index contributed by atoms with van der Waals surface area (Å²) < 4.78 is 5.16. The molecule has 0 saturated carbocycles. The van der Waals surface area contributed by atoms with E-state index >= 15 is 0 Å². The molecule has 0 aromatic heterocycles. The lowest BCUT2D eigenvalue weighted by Gasteiger charge is -2.13. The molecule has 0 radical (unpaired) electrons. The van der Waals surface area contributed by atoms with Crippen LogP contribution in [0.25, 0.3) is 0 Å². The van der Waals surface area contributed by atoms with Gasteiger partial charge in [0.2, 0.25) is 0 Å². The Morgan fingerprint density at radius 1 is 1.00 bits per heavy atom. The van der Waals surface area contributed by atoms with E-state index in [1.54, 1.807) is 7.11 Å². The van der Waals surface area contributed by atoms with E-state index in [1.807, 2.05) is 67.5 Å². The second kappa shape index (κ2) is 8.08. The number of anilines is 1. The van der Waals surface area contributed by atoms with Crippen molar-refractivity contribution in [1.82, 2.24) is 10.6 Å². The molecule has 0 aliphatic rings. The molecular weight excluding hydrogens is 290 g/mol. The van der Waals surface area contributed by atoms with Crippen molar-refractivity contribution in [1.29, 1.82) is 0 Å². The Labute approximate surface area is 137 Å². The number of nitrogens with zero attached hydrogens (tertiary/aromatic N) is 1. The molecule has 23 heavy (non-hydrogen) atoms. The van der Waals surface area contributed by atoms with Crippen molar-refractivity contribution in [3.8, 4) is 5.75 Å². The van der Waals surface area contributed by atoms with Crippen molar-refractivity contribution in [3.63, 3.8) is 0 Å². The third-order valence-electron chi connectivity index (χ3n) is 3.49. The lowest BCUT2D eigenvalue weighted by molar-refractivity contribution is 0.240. The second-order valence-corrected chi connectivity index (χ2v) is 5.45. The highest BCUT2D eigenvalue weighted by molar-refractivity contribution is 5.73. The van der Waals surface area contributed by atoms with Crippen LogP contribution in [0, 0.1) is 0 Å². The Hall–Kier alpha value is -2.69. The molecule has 0 atom stereocenters. The van der Waals surface area contributed by atoms with Crippen LogP contribution in [0.4, 0.5) is 10.5 Å².